The lowest BCUT2D eigenvalue weighted by Crippen LogP contribution is -1.98. The molecule has 0 spiro atoms. The minimum atomic E-state index is -0.435. The first-order valence-corrected chi connectivity index (χ1v) is 6.04. The summed E-state index contributed by atoms with van der Waals surface area (Å²) in [5.74, 6) is 0.504. The molecule has 96 valence electrons. The van der Waals surface area contributed by atoms with Crippen LogP contribution in [0.2, 0.25) is 0 Å². The first kappa shape index (κ1) is 12.3. The maximum atomic E-state index is 10.7. The fourth-order valence-corrected chi connectivity index (χ4v) is 1.93. The number of hydrogen-bond donors (Lipinski definition) is 1. The van der Waals surface area contributed by atoms with Gasteiger partial charge in [-0.2, -0.15) is 0 Å². The normalized spacial score (nSPS) is 10.9. The topological polar surface area (TPSA) is 86.5 Å². The van der Waals surface area contributed by atoms with Gasteiger partial charge < -0.3 is 5.73 Å². The van der Waals surface area contributed by atoms with Crippen molar-refractivity contribution in [2.24, 2.45) is 0 Å². The number of nitro groups is 1. The van der Waals surface area contributed by atoms with Crippen molar-refractivity contribution in [3.8, 4) is 0 Å². The van der Waals surface area contributed by atoms with Crippen LogP contribution in [0.15, 0.2) is 18.3 Å². The summed E-state index contributed by atoms with van der Waals surface area (Å²) in [6, 6.07) is 3.06. The lowest BCUT2D eigenvalue weighted by atomic mass is 10.1. The van der Waals surface area contributed by atoms with Crippen molar-refractivity contribution in [2.45, 2.75) is 32.6 Å². The average Bonchev–Trinajstić information content (AvgIpc) is 2.66. The summed E-state index contributed by atoms with van der Waals surface area (Å²) in [5, 5.41) is 10.7. The molecule has 0 amide bonds. The zero-order chi connectivity index (χ0) is 13.1. The third kappa shape index (κ3) is 2.27. The van der Waals surface area contributed by atoms with E-state index in [4.69, 9.17) is 5.73 Å². The Kier molecular flexibility index (Phi) is 3.45. The second-order valence-electron chi connectivity index (χ2n) is 4.27. The number of fused-ring (bicyclic) bond motifs is 1. The van der Waals surface area contributed by atoms with Crippen LogP contribution in [0.25, 0.3) is 5.65 Å². The number of pyridine rings is 1. The van der Waals surface area contributed by atoms with Crippen molar-refractivity contribution in [3.05, 3.63) is 34.1 Å². The number of rotatable bonds is 5. The molecule has 0 radical (unpaired) electrons. The van der Waals surface area contributed by atoms with Gasteiger partial charge in [0.1, 0.15) is 11.5 Å². The number of aryl methyl sites for hydroxylation is 1. The Hall–Kier alpha value is -2.11. The van der Waals surface area contributed by atoms with Crippen LogP contribution < -0.4 is 5.73 Å². The fourth-order valence-electron chi connectivity index (χ4n) is 1.93. The van der Waals surface area contributed by atoms with Crippen molar-refractivity contribution in [2.75, 3.05) is 5.73 Å². The van der Waals surface area contributed by atoms with Gasteiger partial charge in [0.25, 0.3) is 5.69 Å². The molecule has 0 unspecified atom stereocenters. The van der Waals surface area contributed by atoms with Crippen LogP contribution in [-0.4, -0.2) is 14.3 Å². The smallest absolute Gasteiger partial charge is 0.286 e. The Morgan fingerprint density at radius 1 is 1.44 bits per heavy atom. The highest BCUT2D eigenvalue weighted by Gasteiger charge is 2.12. The van der Waals surface area contributed by atoms with Gasteiger partial charge in [-0.3, -0.25) is 14.5 Å². The third-order valence-corrected chi connectivity index (χ3v) is 2.94. The van der Waals surface area contributed by atoms with E-state index in [-0.39, 0.29) is 5.69 Å². The maximum Gasteiger partial charge on any atom is 0.286 e. The second-order valence-corrected chi connectivity index (χ2v) is 4.27. The van der Waals surface area contributed by atoms with Gasteiger partial charge in [-0.1, -0.05) is 19.8 Å². The van der Waals surface area contributed by atoms with Crippen LogP contribution in [0.1, 0.15) is 31.9 Å². The first-order chi connectivity index (χ1) is 8.63. The molecule has 2 rings (SSSR count). The monoisotopic (exact) mass is 248 g/mol. The van der Waals surface area contributed by atoms with Gasteiger partial charge in [0.15, 0.2) is 0 Å². The molecule has 2 N–H and O–H groups in total. The highest BCUT2D eigenvalue weighted by Crippen LogP contribution is 2.20. The van der Waals surface area contributed by atoms with Gasteiger partial charge in [-0.05, 0) is 18.9 Å². The molecule has 0 aliphatic heterocycles. The van der Waals surface area contributed by atoms with Crippen molar-refractivity contribution in [3.63, 3.8) is 0 Å². The molecule has 0 saturated heterocycles. The standard InChI is InChI=1S/C12H16N4O2/c1-2-3-4-5-10-12(13)15-8-9(16(17)18)6-7-11(15)14-10/h6-8H,2-5,13H2,1H3. The van der Waals surface area contributed by atoms with Gasteiger partial charge in [-0.25, -0.2) is 4.98 Å². The van der Waals surface area contributed by atoms with Gasteiger partial charge in [-0.15, -0.1) is 0 Å². The van der Waals surface area contributed by atoms with Crippen LogP contribution >= 0.6 is 0 Å². The number of aromatic nitrogens is 2. The number of unbranched alkanes of at least 4 members (excludes halogenated alkanes) is 2. The van der Waals surface area contributed by atoms with Crippen LogP contribution in [-0.2, 0) is 6.42 Å². The highest BCUT2D eigenvalue weighted by atomic mass is 16.6. The maximum absolute atomic E-state index is 10.7. The van der Waals surface area contributed by atoms with E-state index in [1.807, 2.05) is 0 Å². The molecule has 0 aliphatic rings. The molecular weight excluding hydrogens is 232 g/mol. The first-order valence-electron chi connectivity index (χ1n) is 6.04. The third-order valence-electron chi connectivity index (χ3n) is 2.94. The molecule has 0 bridgehead atoms. The van der Waals surface area contributed by atoms with Crippen molar-refractivity contribution < 1.29 is 4.92 Å². The van der Waals surface area contributed by atoms with E-state index in [2.05, 4.69) is 11.9 Å². The zero-order valence-electron chi connectivity index (χ0n) is 10.3. The minimum Gasteiger partial charge on any atom is -0.383 e. The Morgan fingerprint density at radius 3 is 2.89 bits per heavy atom. The average molecular weight is 248 g/mol. The number of imidazole rings is 1. The second kappa shape index (κ2) is 5.03. The zero-order valence-corrected chi connectivity index (χ0v) is 10.3. The SMILES string of the molecule is CCCCCc1nc2ccc([N+](=O)[O-])cn2c1N. The number of anilines is 1. The molecule has 0 aromatic carbocycles. The summed E-state index contributed by atoms with van der Waals surface area (Å²) in [6.45, 7) is 2.14. The van der Waals surface area contributed by atoms with E-state index < -0.39 is 4.92 Å². The quantitative estimate of drug-likeness (QED) is 0.500. The Bertz CT molecular complexity index is 577. The Balaban J connectivity index is 2.34. The predicted octanol–water partition coefficient (Wildman–Crippen LogP) is 2.56. The largest absolute Gasteiger partial charge is 0.383 e. The molecule has 0 aliphatic carbocycles. The predicted molar refractivity (Wildman–Crippen MR) is 69.5 cm³/mol. The lowest BCUT2D eigenvalue weighted by Gasteiger charge is -1.98. The van der Waals surface area contributed by atoms with E-state index in [0.717, 1.165) is 31.4 Å². The van der Waals surface area contributed by atoms with Crippen LogP contribution in [0.5, 0.6) is 0 Å². The molecule has 18 heavy (non-hydrogen) atoms. The number of nitrogens with zero attached hydrogens (tertiary/aromatic N) is 3. The van der Waals surface area contributed by atoms with Crippen molar-refractivity contribution in [1.82, 2.24) is 9.38 Å². The summed E-state index contributed by atoms with van der Waals surface area (Å²) in [7, 11) is 0. The van der Waals surface area contributed by atoms with E-state index in [0.29, 0.717) is 11.5 Å². The Labute approximate surface area is 105 Å². The minimum absolute atomic E-state index is 0.0201. The summed E-state index contributed by atoms with van der Waals surface area (Å²) >= 11 is 0. The molecule has 2 heterocycles. The fraction of sp³-hybridized carbons (Fsp3) is 0.417. The van der Waals surface area contributed by atoms with E-state index in [9.17, 15) is 10.1 Å². The van der Waals surface area contributed by atoms with E-state index in [1.165, 1.54) is 12.3 Å². The number of nitrogen functional groups attached to an aromatic ring is 1. The number of nitrogens with two attached hydrogens (primary N) is 1. The van der Waals surface area contributed by atoms with Crippen LogP contribution in [0, 0.1) is 10.1 Å². The molecule has 6 heteroatoms. The summed E-state index contributed by atoms with van der Waals surface area (Å²) in [6.07, 6.45) is 5.54. The highest BCUT2D eigenvalue weighted by molar-refractivity contribution is 5.55. The van der Waals surface area contributed by atoms with E-state index >= 15 is 0 Å². The van der Waals surface area contributed by atoms with Gasteiger partial charge >= 0.3 is 0 Å². The summed E-state index contributed by atoms with van der Waals surface area (Å²) < 4.78 is 1.58. The molecule has 2 aromatic rings. The summed E-state index contributed by atoms with van der Waals surface area (Å²) in [5.41, 5.74) is 7.47. The molecule has 0 saturated carbocycles. The molecular formula is C12H16N4O2. The van der Waals surface area contributed by atoms with Crippen LogP contribution in [0.4, 0.5) is 11.5 Å². The number of hydrogen-bond acceptors (Lipinski definition) is 4. The van der Waals surface area contributed by atoms with Gasteiger partial charge in [0, 0.05) is 6.07 Å². The lowest BCUT2D eigenvalue weighted by molar-refractivity contribution is -0.385. The molecule has 0 fully saturated rings. The molecule has 2 aromatic heterocycles. The Morgan fingerprint density at radius 2 is 2.22 bits per heavy atom. The van der Waals surface area contributed by atoms with Crippen molar-refractivity contribution in [1.29, 1.82) is 0 Å². The van der Waals surface area contributed by atoms with E-state index in [1.54, 1.807) is 10.5 Å². The molecule has 6 nitrogen and oxygen atoms in total. The summed E-state index contributed by atoms with van der Waals surface area (Å²) in [4.78, 5) is 14.7. The van der Waals surface area contributed by atoms with Crippen LogP contribution in [0.3, 0.4) is 0 Å². The van der Waals surface area contributed by atoms with Gasteiger partial charge in [0.05, 0.1) is 16.8 Å². The van der Waals surface area contributed by atoms with Crippen molar-refractivity contribution >= 4 is 17.2 Å². The van der Waals surface area contributed by atoms with Gasteiger partial charge in [0.2, 0.25) is 0 Å². The molecule has 0 atom stereocenters.